The van der Waals surface area contributed by atoms with E-state index in [2.05, 4.69) is 19.2 Å². The van der Waals surface area contributed by atoms with E-state index in [4.69, 9.17) is 0 Å². The van der Waals surface area contributed by atoms with Gasteiger partial charge in [0.05, 0.1) is 18.8 Å². The molecule has 4 atom stereocenters. The number of rotatable bonds is 32. The molecule has 0 aromatic heterocycles. The first-order chi connectivity index (χ1) is 20.0. The summed E-state index contributed by atoms with van der Waals surface area (Å²) in [5.41, 5.74) is 0. The molecule has 0 aliphatic carbocycles. The van der Waals surface area contributed by atoms with Crippen molar-refractivity contribution in [2.45, 2.75) is 212 Å². The molecule has 6 heteroatoms. The van der Waals surface area contributed by atoms with Gasteiger partial charge in [-0.2, -0.15) is 0 Å². The Morgan fingerprint density at radius 2 is 0.829 bits per heavy atom. The minimum atomic E-state index is -1.25. The van der Waals surface area contributed by atoms with Crippen LogP contribution < -0.4 is 5.32 Å². The zero-order valence-corrected chi connectivity index (χ0v) is 27.3. The summed E-state index contributed by atoms with van der Waals surface area (Å²) in [4.78, 5) is 12.4. The summed E-state index contributed by atoms with van der Waals surface area (Å²) in [6.45, 7) is 4.01. The van der Waals surface area contributed by atoms with Crippen LogP contribution in [0.5, 0.6) is 0 Å². The number of amides is 1. The van der Waals surface area contributed by atoms with Crippen molar-refractivity contribution in [1.82, 2.24) is 5.32 Å². The monoisotopic (exact) mass is 586 g/mol. The second kappa shape index (κ2) is 30.8. The second-order valence-corrected chi connectivity index (χ2v) is 12.6. The fraction of sp³-hybridized carbons (Fsp3) is 0.971. The topological polar surface area (TPSA) is 110 Å². The van der Waals surface area contributed by atoms with Gasteiger partial charge in [0.15, 0.2) is 0 Å². The van der Waals surface area contributed by atoms with Crippen LogP contribution in [-0.2, 0) is 4.79 Å². The average Bonchev–Trinajstić information content (AvgIpc) is 2.98. The van der Waals surface area contributed by atoms with Crippen LogP contribution in [-0.4, -0.2) is 57.3 Å². The van der Waals surface area contributed by atoms with Gasteiger partial charge in [-0.1, -0.05) is 174 Å². The Hall–Kier alpha value is -0.690. The molecule has 5 N–H and O–H groups in total. The summed E-state index contributed by atoms with van der Waals surface area (Å²) < 4.78 is 0. The maximum atomic E-state index is 12.4. The van der Waals surface area contributed by atoms with E-state index < -0.39 is 36.9 Å². The lowest BCUT2D eigenvalue weighted by atomic mass is 9.99. The first-order valence-corrected chi connectivity index (χ1v) is 17.9. The lowest BCUT2D eigenvalue weighted by Gasteiger charge is -2.27. The molecule has 0 fully saturated rings. The smallest absolute Gasteiger partial charge is 0.249 e. The summed E-state index contributed by atoms with van der Waals surface area (Å²) in [6, 6.07) is -0.976. The molecule has 0 saturated heterocycles. The third-order valence-electron chi connectivity index (χ3n) is 8.57. The van der Waals surface area contributed by atoms with Crippen LogP contribution in [0.4, 0.5) is 0 Å². The first kappa shape index (κ1) is 40.3. The number of nitrogens with one attached hydrogen (secondary N) is 1. The zero-order chi connectivity index (χ0) is 30.4. The van der Waals surface area contributed by atoms with Gasteiger partial charge in [-0.3, -0.25) is 4.79 Å². The summed E-state index contributed by atoms with van der Waals surface area (Å²) in [6.07, 6.45) is 28.4. The minimum absolute atomic E-state index is 0.373. The van der Waals surface area contributed by atoms with E-state index in [1.165, 1.54) is 122 Å². The molecular formula is C35H71NO5. The SMILES string of the molecule is CCCCCCCCCCCCCCCCCC(O)C(O)C(CO)NC(=O)C(O)CCCCCCCCCCCC. The maximum absolute atomic E-state index is 12.4. The molecule has 0 aromatic carbocycles. The number of carbonyl (C=O) groups is 1. The van der Waals surface area contributed by atoms with Crippen molar-refractivity contribution >= 4 is 5.91 Å². The zero-order valence-electron chi connectivity index (χ0n) is 27.3. The van der Waals surface area contributed by atoms with Gasteiger partial charge in [0.2, 0.25) is 5.91 Å². The molecule has 1 amide bonds. The van der Waals surface area contributed by atoms with Crippen molar-refractivity contribution in [3.05, 3.63) is 0 Å². The lowest BCUT2D eigenvalue weighted by Crippen LogP contribution is -2.53. The van der Waals surface area contributed by atoms with Crippen molar-refractivity contribution in [3.8, 4) is 0 Å². The fourth-order valence-electron chi connectivity index (χ4n) is 5.64. The minimum Gasteiger partial charge on any atom is -0.394 e. The van der Waals surface area contributed by atoms with Crippen LogP contribution in [0.3, 0.4) is 0 Å². The number of hydrogen-bond donors (Lipinski definition) is 5. The molecule has 0 saturated carbocycles. The molecule has 0 aromatic rings. The Labute approximate surface area is 254 Å². The highest BCUT2D eigenvalue weighted by molar-refractivity contribution is 5.80. The predicted molar refractivity (Wildman–Crippen MR) is 173 cm³/mol. The molecule has 41 heavy (non-hydrogen) atoms. The summed E-state index contributed by atoms with van der Waals surface area (Å²) in [5.74, 6) is -0.585. The predicted octanol–water partition coefficient (Wildman–Crippen LogP) is 8.12. The summed E-state index contributed by atoms with van der Waals surface area (Å²) in [5, 5.41) is 43.3. The molecule has 0 aliphatic heterocycles. The highest BCUT2D eigenvalue weighted by atomic mass is 16.3. The lowest BCUT2D eigenvalue weighted by molar-refractivity contribution is -0.132. The fourth-order valence-corrected chi connectivity index (χ4v) is 5.64. The Balaban J connectivity index is 3.80. The number of hydrogen-bond acceptors (Lipinski definition) is 5. The third-order valence-corrected chi connectivity index (χ3v) is 8.57. The highest BCUT2D eigenvalue weighted by Crippen LogP contribution is 2.16. The number of aliphatic hydroxyl groups excluding tert-OH is 4. The van der Waals surface area contributed by atoms with Crippen molar-refractivity contribution in [3.63, 3.8) is 0 Å². The molecule has 4 unspecified atom stereocenters. The van der Waals surface area contributed by atoms with Gasteiger partial charge < -0.3 is 25.7 Å². The molecule has 246 valence electrons. The quantitative estimate of drug-likeness (QED) is 0.0512. The van der Waals surface area contributed by atoms with Gasteiger partial charge in [0.25, 0.3) is 0 Å². The van der Waals surface area contributed by atoms with Gasteiger partial charge >= 0.3 is 0 Å². The van der Waals surface area contributed by atoms with Crippen molar-refractivity contribution in [2.75, 3.05) is 6.61 Å². The Morgan fingerprint density at radius 1 is 0.512 bits per heavy atom. The van der Waals surface area contributed by atoms with Crippen LogP contribution >= 0.6 is 0 Å². The Morgan fingerprint density at radius 3 is 1.17 bits per heavy atom. The molecule has 6 nitrogen and oxygen atoms in total. The average molecular weight is 586 g/mol. The van der Waals surface area contributed by atoms with Gasteiger partial charge in [-0.15, -0.1) is 0 Å². The van der Waals surface area contributed by atoms with E-state index in [9.17, 15) is 25.2 Å². The summed E-state index contributed by atoms with van der Waals surface area (Å²) >= 11 is 0. The van der Waals surface area contributed by atoms with Crippen LogP contribution in [0.1, 0.15) is 187 Å². The van der Waals surface area contributed by atoms with Crippen molar-refractivity contribution < 1.29 is 25.2 Å². The molecule has 0 bridgehead atoms. The van der Waals surface area contributed by atoms with Gasteiger partial charge in [0.1, 0.15) is 12.2 Å². The van der Waals surface area contributed by atoms with E-state index >= 15 is 0 Å². The number of carbonyl (C=O) groups excluding carboxylic acids is 1. The van der Waals surface area contributed by atoms with E-state index in [0.717, 1.165) is 38.5 Å². The van der Waals surface area contributed by atoms with Crippen LogP contribution in [0.25, 0.3) is 0 Å². The van der Waals surface area contributed by atoms with Gasteiger partial charge in [0, 0.05) is 0 Å². The van der Waals surface area contributed by atoms with Crippen LogP contribution in [0, 0.1) is 0 Å². The summed E-state index contributed by atoms with van der Waals surface area (Å²) in [7, 11) is 0. The van der Waals surface area contributed by atoms with E-state index in [-0.39, 0.29) is 0 Å². The third kappa shape index (κ3) is 25.5. The largest absolute Gasteiger partial charge is 0.394 e. The van der Waals surface area contributed by atoms with E-state index in [1.54, 1.807) is 0 Å². The first-order valence-electron chi connectivity index (χ1n) is 17.9. The van der Waals surface area contributed by atoms with Crippen LogP contribution in [0.2, 0.25) is 0 Å². The molecular weight excluding hydrogens is 514 g/mol. The molecule has 0 radical (unpaired) electrons. The van der Waals surface area contributed by atoms with Crippen molar-refractivity contribution in [1.29, 1.82) is 0 Å². The molecule has 0 heterocycles. The van der Waals surface area contributed by atoms with E-state index in [1.807, 2.05) is 0 Å². The second-order valence-electron chi connectivity index (χ2n) is 12.6. The van der Waals surface area contributed by atoms with E-state index in [0.29, 0.717) is 12.8 Å². The normalized spacial score (nSPS) is 14.6. The Bertz CT molecular complexity index is 547. The molecule has 0 spiro atoms. The Kier molecular flexibility index (Phi) is 30.2. The van der Waals surface area contributed by atoms with Crippen LogP contribution in [0.15, 0.2) is 0 Å². The van der Waals surface area contributed by atoms with Gasteiger partial charge in [-0.05, 0) is 12.8 Å². The van der Waals surface area contributed by atoms with Crippen molar-refractivity contribution in [2.24, 2.45) is 0 Å². The number of unbranched alkanes of at least 4 members (excludes halogenated alkanes) is 23. The molecule has 0 rings (SSSR count). The maximum Gasteiger partial charge on any atom is 0.249 e. The highest BCUT2D eigenvalue weighted by Gasteiger charge is 2.28. The number of aliphatic hydroxyl groups is 4. The molecule has 0 aliphatic rings. The standard InChI is InChI=1S/C35H71NO5/c1-3-5-7-9-11-13-15-16-17-18-19-21-22-24-26-28-32(38)34(40)31(30-37)36-35(41)33(39)29-27-25-23-20-14-12-10-8-6-4-2/h31-34,37-40H,3-30H2,1-2H3,(H,36,41). The van der Waals surface area contributed by atoms with Gasteiger partial charge in [-0.25, -0.2) is 0 Å².